The van der Waals surface area contributed by atoms with E-state index in [2.05, 4.69) is 11.3 Å². The summed E-state index contributed by atoms with van der Waals surface area (Å²) in [5.41, 5.74) is 0. The molecule has 0 saturated carbocycles. The second-order valence-electron chi connectivity index (χ2n) is 2.31. The molecule has 96 valence electrons. The minimum absolute atomic E-state index is 0. The predicted octanol–water partition coefficient (Wildman–Crippen LogP) is -0.721. The molecule has 0 rings (SSSR count). The molecule has 3 N–H and O–H groups in total. The van der Waals surface area contributed by atoms with Crippen LogP contribution in [0.25, 0.3) is 0 Å². The van der Waals surface area contributed by atoms with E-state index < -0.39 is 22.3 Å². The van der Waals surface area contributed by atoms with E-state index in [0.717, 1.165) is 0 Å². The van der Waals surface area contributed by atoms with Gasteiger partial charge in [-0.15, -0.1) is 0 Å². The first-order valence-corrected chi connectivity index (χ1v) is 5.24. The third-order valence-electron chi connectivity index (χ3n) is 0.905. The van der Waals surface area contributed by atoms with Crippen molar-refractivity contribution in [1.82, 2.24) is 0 Å². The third-order valence-corrected chi connectivity index (χ3v) is 0.905. The first kappa shape index (κ1) is 22.4. The molecule has 0 aromatic carbocycles. The molecule has 8 nitrogen and oxygen atoms in total. The van der Waals surface area contributed by atoms with E-state index in [1.807, 2.05) is 0 Å². The fourth-order valence-electron chi connectivity index (χ4n) is 0.433. The molecule has 0 aliphatic heterocycles. The Morgan fingerprint density at radius 1 is 1.24 bits per heavy atom. The standard InChI is InChI=1S/C7H10O4.K.H2O4S.H/c1-2-5-11-7(10)4-3-6(8)9;;1-5(2,3)4;/h2H,1,3-5H2,(H,8,9);;(H2,1,2,3,4);. The van der Waals surface area contributed by atoms with Crippen molar-refractivity contribution in [2.45, 2.75) is 12.8 Å². The van der Waals surface area contributed by atoms with Gasteiger partial charge in [-0.3, -0.25) is 18.7 Å². The van der Waals surface area contributed by atoms with Crippen LogP contribution < -0.4 is 0 Å². The molecule has 0 spiro atoms. The van der Waals surface area contributed by atoms with Gasteiger partial charge in [0.1, 0.15) is 6.61 Å². The van der Waals surface area contributed by atoms with Gasteiger partial charge in [0.2, 0.25) is 0 Å². The summed E-state index contributed by atoms with van der Waals surface area (Å²) in [7, 11) is -4.67. The molecular weight excluding hydrogens is 283 g/mol. The number of carbonyl (C=O) groups excluding carboxylic acids is 1. The van der Waals surface area contributed by atoms with Crippen LogP contribution in [0.1, 0.15) is 12.8 Å². The zero-order valence-electron chi connectivity index (χ0n) is 8.20. The second kappa shape index (κ2) is 12.6. The number of hydrogen-bond acceptors (Lipinski definition) is 5. The summed E-state index contributed by atoms with van der Waals surface area (Å²) >= 11 is 0. The molecule has 0 radical (unpaired) electrons. The van der Waals surface area contributed by atoms with Gasteiger partial charge in [-0.05, 0) is 0 Å². The summed E-state index contributed by atoms with van der Waals surface area (Å²) in [5.74, 6) is -1.51. The molecule has 0 aliphatic carbocycles. The average molecular weight is 296 g/mol. The van der Waals surface area contributed by atoms with Crippen LogP contribution in [0.5, 0.6) is 0 Å². The van der Waals surface area contributed by atoms with Gasteiger partial charge in [0.05, 0.1) is 12.8 Å². The van der Waals surface area contributed by atoms with Crippen LogP contribution in [0, 0.1) is 0 Å². The van der Waals surface area contributed by atoms with Crippen LogP contribution >= 0.6 is 0 Å². The van der Waals surface area contributed by atoms with Crippen molar-refractivity contribution in [3.05, 3.63) is 12.7 Å². The van der Waals surface area contributed by atoms with Crippen LogP contribution in [-0.2, 0) is 24.7 Å². The van der Waals surface area contributed by atoms with E-state index >= 15 is 0 Å². The topological polar surface area (TPSA) is 138 Å². The molecule has 0 aromatic heterocycles. The molecule has 10 heteroatoms. The maximum atomic E-state index is 10.6. The summed E-state index contributed by atoms with van der Waals surface area (Å²) in [6.45, 7) is 3.47. The van der Waals surface area contributed by atoms with Gasteiger partial charge in [0, 0.05) is 0 Å². The number of esters is 1. The quantitative estimate of drug-likeness (QED) is 0.261. The van der Waals surface area contributed by atoms with Gasteiger partial charge in [-0.1, -0.05) is 12.7 Å². The van der Waals surface area contributed by atoms with Crippen LogP contribution in [0.15, 0.2) is 12.7 Å². The predicted molar refractivity (Wildman–Crippen MR) is 59.4 cm³/mol. The van der Waals surface area contributed by atoms with Gasteiger partial charge in [0.15, 0.2) is 0 Å². The van der Waals surface area contributed by atoms with Crippen molar-refractivity contribution in [2.75, 3.05) is 6.61 Å². The Bertz CT molecular complexity index is 328. The van der Waals surface area contributed by atoms with Gasteiger partial charge >= 0.3 is 73.7 Å². The Labute approximate surface area is 141 Å². The first-order chi connectivity index (χ1) is 7.16. The maximum absolute atomic E-state index is 10.6. The summed E-state index contributed by atoms with van der Waals surface area (Å²) in [4.78, 5) is 20.5. The zero-order valence-corrected chi connectivity index (χ0v) is 9.01. The molecule has 0 heterocycles. The van der Waals surface area contributed by atoms with Crippen LogP contribution in [0.3, 0.4) is 0 Å². The van der Waals surface area contributed by atoms with Gasteiger partial charge in [0.25, 0.3) is 0 Å². The molecular formula is C7H13KO8S. The number of aliphatic carboxylic acids is 1. The molecule has 0 aromatic rings. The second-order valence-corrected chi connectivity index (χ2v) is 3.21. The third kappa shape index (κ3) is 38.6. The van der Waals surface area contributed by atoms with E-state index in [1.54, 1.807) is 0 Å². The summed E-state index contributed by atoms with van der Waals surface area (Å²) in [5, 5.41) is 8.16. The van der Waals surface area contributed by atoms with Crippen LogP contribution in [0.4, 0.5) is 0 Å². The van der Waals surface area contributed by atoms with Crippen molar-refractivity contribution >= 4 is 73.7 Å². The minimum atomic E-state index is -4.67. The molecule has 0 unspecified atom stereocenters. The number of carbonyl (C=O) groups is 2. The van der Waals surface area contributed by atoms with Crippen LogP contribution in [-0.4, -0.2) is 92.6 Å². The Morgan fingerprint density at radius 2 is 1.65 bits per heavy atom. The number of rotatable bonds is 5. The molecule has 0 aliphatic rings. The summed E-state index contributed by atoms with van der Waals surface area (Å²) in [6.07, 6.45) is 1.16. The Hall–Kier alpha value is 0.186. The SMILES string of the molecule is C=CCOC(=O)CCC(=O)O.O=S(=O)(O)O.[KH]. The molecule has 17 heavy (non-hydrogen) atoms. The van der Waals surface area contributed by atoms with E-state index in [1.165, 1.54) is 6.08 Å². The average Bonchev–Trinajstić information content (AvgIpc) is 2.08. The molecule has 0 amide bonds. The van der Waals surface area contributed by atoms with E-state index in [9.17, 15) is 9.59 Å². The van der Waals surface area contributed by atoms with Crippen molar-refractivity contribution in [3.63, 3.8) is 0 Å². The van der Waals surface area contributed by atoms with Gasteiger partial charge < -0.3 is 9.84 Å². The van der Waals surface area contributed by atoms with Crippen LogP contribution in [0.2, 0.25) is 0 Å². The molecule has 0 atom stereocenters. The number of carboxylic acid groups (broad SMARTS) is 1. The molecule has 0 fully saturated rings. The Balaban J connectivity index is -0.000000280. The summed E-state index contributed by atoms with van der Waals surface area (Å²) in [6, 6.07) is 0. The fraction of sp³-hybridized carbons (Fsp3) is 0.429. The summed E-state index contributed by atoms with van der Waals surface area (Å²) < 4.78 is 36.1. The fourth-order valence-corrected chi connectivity index (χ4v) is 0.433. The Morgan fingerprint density at radius 3 is 1.94 bits per heavy atom. The monoisotopic (exact) mass is 296 g/mol. The van der Waals surface area contributed by atoms with Gasteiger partial charge in [-0.2, -0.15) is 8.42 Å². The number of hydrogen-bond donors (Lipinski definition) is 3. The molecule has 0 bridgehead atoms. The van der Waals surface area contributed by atoms with Gasteiger partial charge in [-0.25, -0.2) is 0 Å². The first-order valence-electron chi connectivity index (χ1n) is 3.85. The van der Waals surface area contributed by atoms with Crippen molar-refractivity contribution in [1.29, 1.82) is 0 Å². The van der Waals surface area contributed by atoms with Crippen molar-refractivity contribution in [3.8, 4) is 0 Å². The number of carboxylic acids is 1. The van der Waals surface area contributed by atoms with E-state index in [0.29, 0.717) is 0 Å². The van der Waals surface area contributed by atoms with E-state index in [4.69, 9.17) is 22.6 Å². The zero-order chi connectivity index (χ0) is 13.2. The van der Waals surface area contributed by atoms with Crippen molar-refractivity contribution in [2.24, 2.45) is 0 Å². The van der Waals surface area contributed by atoms with E-state index in [-0.39, 0.29) is 70.8 Å². The number of ether oxygens (including phenoxy) is 1. The normalized spacial score (nSPS) is 9.06. The molecule has 0 saturated heterocycles. The van der Waals surface area contributed by atoms with Crippen molar-refractivity contribution < 1.29 is 37.0 Å². The Kier molecular flexibility index (Phi) is 16.6.